The molecule has 4 bridgehead atoms. The van der Waals surface area contributed by atoms with E-state index in [9.17, 15) is 4.79 Å². The summed E-state index contributed by atoms with van der Waals surface area (Å²) in [6.45, 7) is 5.91. The first-order chi connectivity index (χ1) is 11.7. The van der Waals surface area contributed by atoms with Gasteiger partial charge in [-0.2, -0.15) is 0 Å². The van der Waals surface area contributed by atoms with E-state index in [0.717, 1.165) is 18.2 Å². The maximum Gasteiger partial charge on any atom is 0.252 e. The lowest BCUT2D eigenvalue weighted by atomic mass is 9.42. The predicted octanol–water partition coefficient (Wildman–Crippen LogP) is 3.62. The van der Waals surface area contributed by atoms with Crippen molar-refractivity contribution in [2.24, 2.45) is 16.7 Å². The molecule has 4 nitrogen and oxygen atoms in total. The van der Waals surface area contributed by atoms with Crippen LogP contribution in [0.15, 0.2) is 18.3 Å². The van der Waals surface area contributed by atoms with Gasteiger partial charge in [-0.05, 0) is 74.5 Å². The SMILES string of the molecule is CNC(=O)c1ccc(CN(C)C23CC4C[C@@](C)(C2)C[C@](C)(C4)C3)nc1. The number of nitrogens with one attached hydrogen (secondary N) is 1. The quantitative estimate of drug-likeness (QED) is 0.910. The number of carbonyl (C=O) groups excluding carboxylic acids is 1. The molecule has 4 aliphatic carbocycles. The van der Waals surface area contributed by atoms with Crippen LogP contribution >= 0.6 is 0 Å². The van der Waals surface area contributed by atoms with Crippen LogP contribution in [0, 0.1) is 16.7 Å². The molecule has 4 fully saturated rings. The number of rotatable bonds is 4. The molecule has 1 heterocycles. The monoisotopic (exact) mass is 341 g/mol. The lowest BCUT2D eigenvalue weighted by Gasteiger charge is -2.67. The Balaban J connectivity index is 1.53. The van der Waals surface area contributed by atoms with Crippen molar-refractivity contribution in [3.8, 4) is 0 Å². The van der Waals surface area contributed by atoms with Gasteiger partial charge in [-0.15, -0.1) is 0 Å². The van der Waals surface area contributed by atoms with Gasteiger partial charge >= 0.3 is 0 Å². The van der Waals surface area contributed by atoms with Gasteiger partial charge in [0.25, 0.3) is 5.91 Å². The van der Waals surface area contributed by atoms with Gasteiger partial charge in [0.2, 0.25) is 0 Å². The fraction of sp³-hybridized carbons (Fsp3) is 0.714. The highest BCUT2D eigenvalue weighted by Crippen LogP contribution is 2.67. The molecule has 1 amide bonds. The molecule has 5 rings (SSSR count). The Hall–Kier alpha value is -1.42. The van der Waals surface area contributed by atoms with Gasteiger partial charge in [0, 0.05) is 25.3 Å². The number of pyridine rings is 1. The van der Waals surface area contributed by atoms with Crippen molar-refractivity contribution in [3.05, 3.63) is 29.6 Å². The molecule has 1 aromatic rings. The molecular weight excluding hydrogens is 310 g/mol. The summed E-state index contributed by atoms with van der Waals surface area (Å²) in [7, 11) is 3.94. The lowest BCUT2D eigenvalue weighted by Crippen LogP contribution is -2.64. The van der Waals surface area contributed by atoms with E-state index in [0.29, 0.717) is 21.9 Å². The third-order valence-corrected chi connectivity index (χ3v) is 7.12. The molecule has 1 aromatic heterocycles. The summed E-state index contributed by atoms with van der Waals surface area (Å²) in [5.41, 5.74) is 3.08. The number of carbonyl (C=O) groups is 1. The van der Waals surface area contributed by atoms with Crippen LogP contribution in [-0.2, 0) is 6.54 Å². The van der Waals surface area contributed by atoms with E-state index in [1.165, 1.54) is 38.5 Å². The summed E-state index contributed by atoms with van der Waals surface area (Å²) >= 11 is 0. The first-order valence-corrected chi connectivity index (χ1v) is 9.63. The minimum atomic E-state index is -0.0747. The molecule has 4 atom stereocenters. The Labute approximate surface area is 151 Å². The van der Waals surface area contributed by atoms with Crippen LogP contribution in [0.1, 0.15) is 68.4 Å². The Morgan fingerprint density at radius 2 is 1.88 bits per heavy atom. The summed E-state index contributed by atoms with van der Waals surface area (Å²) < 4.78 is 0. The second kappa shape index (κ2) is 5.54. The minimum Gasteiger partial charge on any atom is -0.355 e. The van der Waals surface area contributed by atoms with Crippen LogP contribution in [-0.4, -0.2) is 35.4 Å². The van der Waals surface area contributed by atoms with Crippen LogP contribution in [0.2, 0.25) is 0 Å². The molecule has 4 heteroatoms. The van der Waals surface area contributed by atoms with Crippen molar-refractivity contribution < 1.29 is 4.79 Å². The predicted molar refractivity (Wildman–Crippen MR) is 99.2 cm³/mol. The van der Waals surface area contributed by atoms with Gasteiger partial charge in [-0.25, -0.2) is 0 Å². The summed E-state index contributed by atoms with van der Waals surface area (Å²) in [5, 5.41) is 2.65. The molecule has 0 aromatic carbocycles. The fourth-order valence-electron chi connectivity index (χ4n) is 7.02. The third-order valence-electron chi connectivity index (χ3n) is 7.12. The lowest BCUT2D eigenvalue weighted by molar-refractivity contribution is -0.158. The molecule has 25 heavy (non-hydrogen) atoms. The summed E-state index contributed by atoms with van der Waals surface area (Å²) in [6.07, 6.45) is 9.98. The average molecular weight is 341 g/mol. The van der Waals surface area contributed by atoms with E-state index < -0.39 is 0 Å². The van der Waals surface area contributed by atoms with Crippen molar-refractivity contribution >= 4 is 5.91 Å². The van der Waals surface area contributed by atoms with Gasteiger partial charge in [0.15, 0.2) is 0 Å². The fourth-order valence-corrected chi connectivity index (χ4v) is 7.02. The second-order valence-corrected chi connectivity index (χ2v) is 9.83. The molecule has 0 spiro atoms. The maximum atomic E-state index is 11.7. The zero-order valence-electron chi connectivity index (χ0n) is 16.1. The topological polar surface area (TPSA) is 45.2 Å². The molecule has 4 saturated carbocycles. The molecule has 0 saturated heterocycles. The summed E-state index contributed by atoms with van der Waals surface area (Å²) in [6, 6.07) is 3.89. The maximum absolute atomic E-state index is 11.7. The van der Waals surface area contributed by atoms with Gasteiger partial charge < -0.3 is 5.32 Å². The largest absolute Gasteiger partial charge is 0.355 e. The molecule has 0 radical (unpaired) electrons. The zero-order chi connectivity index (χ0) is 17.9. The number of hydrogen-bond donors (Lipinski definition) is 1. The van der Waals surface area contributed by atoms with E-state index in [-0.39, 0.29) is 5.91 Å². The smallest absolute Gasteiger partial charge is 0.252 e. The van der Waals surface area contributed by atoms with Gasteiger partial charge in [-0.3, -0.25) is 14.7 Å². The average Bonchev–Trinajstić information content (AvgIpc) is 2.51. The van der Waals surface area contributed by atoms with Crippen LogP contribution < -0.4 is 5.32 Å². The van der Waals surface area contributed by atoms with E-state index in [1.807, 2.05) is 12.1 Å². The van der Waals surface area contributed by atoms with Crippen LogP contribution in [0.5, 0.6) is 0 Å². The van der Waals surface area contributed by atoms with Crippen molar-refractivity contribution in [2.45, 2.75) is 64.5 Å². The normalized spacial score (nSPS) is 39.0. The van der Waals surface area contributed by atoms with Gasteiger partial charge in [0.1, 0.15) is 0 Å². The van der Waals surface area contributed by atoms with Crippen molar-refractivity contribution in [2.75, 3.05) is 14.1 Å². The molecule has 2 unspecified atom stereocenters. The molecule has 136 valence electrons. The van der Waals surface area contributed by atoms with E-state index in [4.69, 9.17) is 0 Å². The summed E-state index contributed by atoms with van der Waals surface area (Å²) in [4.78, 5) is 18.8. The molecule has 4 aliphatic rings. The first-order valence-electron chi connectivity index (χ1n) is 9.63. The van der Waals surface area contributed by atoms with Crippen molar-refractivity contribution in [1.82, 2.24) is 15.2 Å². The van der Waals surface area contributed by atoms with E-state index in [1.54, 1.807) is 13.2 Å². The van der Waals surface area contributed by atoms with Gasteiger partial charge in [0.05, 0.1) is 11.3 Å². The highest BCUT2D eigenvalue weighted by Gasteiger charge is 2.61. The van der Waals surface area contributed by atoms with E-state index >= 15 is 0 Å². The summed E-state index contributed by atoms with van der Waals surface area (Å²) in [5.74, 6) is 0.826. The standard InChI is InChI=1S/C21H31N3O/c1-19-7-15-8-20(2,12-19)14-21(9-15,13-19)24(4)11-17-6-5-16(10-23-17)18(25)22-3/h5-6,10,15H,7-9,11-14H2,1-4H3,(H,22,25)/t15?,19-,20+,21?. The highest BCUT2D eigenvalue weighted by molar-refractivity contribution is 5.93. The number of nitrogens with zero attached hydrogens (tertiary/aromatic N) is 2. The van der Waals surface area contributed by atoms with Crippen LogP contribution in [0.3, 0.4) is 0 Å². The Bertz CT molecular complexity index is 665. The number of hydrogen-bond acceptors (Lipinski definition) is 3. The van der Waals surface area contributed by atoms with Crippen molar-refractivity contribution in [1.29, 1.82) is 0 Å². The highest BCUT2D eigenvalue weighted by atomic mass is 16.1. The molecule has 0 aliphatic heterocycles. The number of aromatic nitrogens is 1. The van der Waals surface area contributed by atoms with E-state index in [2.05, 4.69) is 36.1 Å². The second-order valence-electron chi connectivity index (χ2n) is 9.83. The van der Waals surface area contributed by atoms with Gasteiger partial charge in [-0.1, -0.05) is 13.8 Å². The third kappa shape index (κ3) is 2.88. The Kier molecular flexibility index (Phi) is 3.77. The molecular formula is C21H31N3O. The minimum absolute atomic E-state index is 0.0747. The van der Waals surface area contributed by atoms with Crippen LogP contribution in [0.4, 0.5) is 0 Å². The number of amides is 1. The Morgan fingerprint density at radius 3 is 2.40 bits per heavy atom. The molecule has 1 N–H and O–H groups in total. The zero-order valence-corrected chi connectivity index (χ0v) is 16.1. The van der Waals surface area contributed by atoms with Crippen LogP contribution in [0.25, 0.3) is 0 Å². The van der Waals surface area contributed by atoms with Crippen molar-refractivity contribution in [3.63, 3.8) is 0 Å². The first kappa shape index (κ1) is 17.0. The Morgan fingerprint density at radius 1 is 1.20 bits per heavy atom.